The fourth-order valence-electron chi connectivity index (χ4n) is 4.12. The molecular weight excluding hydrogens is 332 g/mol. The van der Waals surface area contributed by atoms with E-state index in [2.05, 4.69) is 10.2 Å². The van der Waals surface area contributed by atoms with Gasteiger partial charge in [-0.15, -0.1) is 0 Å². The molecule has 1 aliphatic carbocycles. The number of carboxylic acid groups (broad SMARTS) is 1. The molecule has 0 bridgehead atoms. The van der Waals surface area contributed by atoms with Gasteiger partial charge in [-0.1, -0.05) is 19.3 Å². The first-order chi connectivity index (χ1) is 12.5. The van der Waals surface area contributed by atoms with Crippen LogP contribution in [0.1, 0.15) is 61.7 Å². The minimum absolute atomic E-state index is 0.0209. The van der Waals surface area contributed by atoms with Crippen LogP contribution >= 0.6 is 0 Å². The lowest BCUT2D eigenvalue weighted by Gasteiger charge is -2.37. The largest absolute Gasteiger partial charge is 0.481 e. The molecule has 0 atom stereocenters. The van der Waals surface area contributed by atoms with Gasteiger partial charge in [-0.05, 0) is 49.9 Å². The molecule has 0 unspecified atom stereocenters. The molecule has 0 spiro atoms. The van der Waals surface area contributed by atoms with Crippen LogP contribution < -0.4 is 10.2 Å². The minimum Gasteiger partial charge on any atom is -0.481 e. The third-order valence-electron chi connectivity index (χ3n) is 5.64. The highest BCUT2D eigenvalue weighted by Gasteiger charge is 2.36. The predicted molar refractivity (Wildman–Crippen MR) is 99.4 cm³/mol. The average molecular weight is 360 g/mol. The fraction of sp³-hybridized carbons (Fsp3) is 0.600. The van der Waals surface area contributed by atoms with Crippen molar-refractivity contribution in [1.82, 2.24) is 5.32 Å². The van der Waals surface area contributed by atoms with Crippen molar-refractivity contribution in [2.24, 2.45) is 0 Å². The lowest BCUT2D eigenvalue weighted by atomic mass is 9.79. The van der Waals surface area contributed by atoms with E-state index in [-0.39, 0.29) is 18.4 Å². The highest BCUT2D eigenvalue weighted by Crippen LogP contribution is 2.31. The van der Waals surface area contributed by atoms with E-state index in [0.29, 0.717) is 5.56 Å². The molecular formula is C20H28N2O4. The number of aliphatic hydroxyl groups is 1. The molecule has 1 amide bonds. The van der Waals surface area contributed by atoms with Gasteiger partial charge in [-0.3, -0.25) is 9.59 Å². The molecule has 1 aliphatic heterocycles. The number of nitrogens with one attached hydrogen (secondary N) is 1. The Morgan fingerprint density at radius 2 is 1.69 bits per heavy atom. The molecule has 1 saturated heterocycles. The second-order valence-corrected chi connectivity index (χ2v) is 7.63. The SMILES string of the molecule is O=C(O)CC1(NC(=O)c2ccc(N3CCC(O)CC3)cc2)CCCCC1. The molecule has 142 valence electrons. The summed E-state index contributed by atoms with van der Waals surface area (Å²) in [6.07, 6.45) is 5.74. The standard InChI is InChI=1S/C20H28N2O4/c23-17-8-12-22(13-9-17)16-6-4-15(5-7-16)19(26)21-20(14-18(24)25)10-2-1-3-11-20/h4-7,17,23H,1-3,8-14H2,(H,21,26)(H,24,25). The van der Waals surface area contributed by atoms with Crippen LogP contribution in [0.3, 0.4) is 0 Å². The van der Waals surface area contributed by atoms with Gasteiger partial charge in [0.05, 0.1) is 18.1 Å². The number of rotatable bonds is 5. The first-order valence-electron chi connectivity index (χ1n) is 9.55. The quantitative estimate of drug-likeness (QED) is 0.751. The normalized spacial score (nSPS) is 20.6. The zero-order chi connectivity index (χ0) is 18.6. The number of benzene rings is 1. The summed E-state index contributed by atoms with van der Waals surface area (Å²) in [4.78, 5) is 26.1. The van der Waals surface area contributed by atoms with Gasteiger partial charge in [-0.25, -0.2) is 0 Å². The Bertz CT molecular complexity index is 630. The maximum Gasteiger partial charge on any atom is 0.305 e. The van der Waals surface area contributed by atoms with E-state index in [1.54, 1.807) is 12.1 Å². The Balaban J connectivity index is 1.66. The number of piperidine rings is 1. The number of aliphatic hydroxyl groups excluding tert-OH is 1. The minimum atomic E-state index is -0.866. The smallest absolute Gasteiger partial charge is 0.305 e. The number of aliphatic carboxylic acids is 1. The second kappa shape index (κ2) is 8.08. The molecule has 1 heterocycles. The van der Waals surface area contributed by atoms with Gasteiger partial charge in [0.1, 0.15) is 0 Å². The van der Waals surface area contributed by atoms with Crippen LogP contribution in [0.25, 0.3) is 0 Å². The van der Waals surface area contributed by atoms with E-state index in [1.165, 1.54) is 0 Å². The van der Waals surface area contributed by atoms with Crippen LogP contribution in [-0.4, -0.2) is 46.8 Å². The molecule has 0 aromatic heterocycles. The summed E-state index contributed by atoms with van der Waals surface area (Å²) in [6, 6.07) is 7.45. The summed E-state index contributed by atoms with van der Waals surface area (Å²) < 4.78 is 0. The van der Waals surface area contributed by atoms with Gasteiger partial charge in [-0.2, -0.15) is 0 Å². The Morgan fingerprint density at radius 1 is 1.08 bits per heavy atom. The van der Waals surface area contributed by atoms with E-state index >= 15 is 0 Å². The Hall–Kier alpha value is -2.08. The van der Waals surface area contributed by atoms with Gasteiger partial charge in [0.15, 0.2) is 0 Å². The van der Waals surface area contributed by atoms with Gasteiger partial charge in [0.2, 0.25) is 0 Å². The second-order valence-electron chi connectivity index (χ2n) is 7.63. The van der Waals surface area contributed by atoms with Crippen LogP contribution in [0.4, 0.5) is 5.69 Å². The van der Waals surface area contributed by atoms with E-state index in [9.17, 15) is 19.8 Å². The van der Waals surface area contributed by atoms with Gasteiger partial charge >= 0.3 is 5.97 Å². The molecule has 1 aromatic rings. The van der Waals surface area contributed by atoms with Crippen LogP contribution in [-0.2, 0) is 4.79 Å². The van der Waals surface area contributed by atoms with E-state index in [4.69, 9.17) is 0 Å². The topological polar surface area (TPSA) is 89.9 Å². The van der Waals surface area contributed by atoms with Crippen LogP contribution in [0, 0.1) is 0 Å². The van der Waals surface area contributed by atoms with Crippen molar-refractivity contribution in [2.45, 2.75) is 63.0 Å². The number of hydrogen-bond donors (Lipinski definition) is 3. The fourth-order valence-corrected chi connectivity index (χ4v) is 4.12. The molecule has 1 saturated carbocycles. The summed E-state index contributed by atoms with van der Waals surface area (Å²) in [6.45, 7) is 1.63. The summed E-state index contributed by atoms with van der Waals surface area (Å²) >= 11 is 0. The number of carbonyl (C=O) groups excluding carboxylic acids is 1. The first-order valence-corrected chi connectivity index (χ1v) is 9.55. The molecule has 0 radical (unpaired) electrons. The number of carbonyl (C=O) groups is 2. The van der Waals surface area contributed by atoms with Crippen molar-refractivity contribution in [2.75, 3.05) is 18.0 Å². The van der Waals surface area contributed by atoms with Gasteiger partial charge in [0.25, 0.3) is 5.91 Å². The van der Waals surface area contributed by atoms with Crippen LogP contribution in [0.5, 0.6) is 0 Å². The van der Waals surface area contributed by atoms with Crippen molar-refractivity contribution in [3.05, 3.63) is 29.8 Å². The van der Waals surface area contributed by atoms with Crippen molar-refractivity contribution in [3.8, 4) is 0 Å². The predicted octanol–water partition coefficient (Wildman–Crippen LogP) is 2.56. The highest BCUT2D eigenvalue weighted by atomic mass is 16.4. The Labute approximate surface area is 154 Å². The third-order valence-corrected chi connectivity index (χ3v) is 5.64. The van der Waals surface area contributed by atoms with Crippen LogP contribution in [0.2, 0.25) is 0 Å². The molecule has 6 heteroatoms. The maximum absolute atomic E-state index is 12.7. The summed E-state index contributed by atoms with van der Waals surface area (Å²) in [7, 11) is 0. The van der Waals surface area contributed by atoms with Gasteiger partial charge < -0.3 is 20.4 Å². The molecule has 2 fully saturated rings. The third kappa shape index (κ3) is 4.55. The lowest BCUT2D eigenvalue weighted by Crippen LogP contribution is -2.51. The highest BCUT2D eigenvalue weighted by molar-refractivity contribution is 5.95. The van der Waals surface area contributed by atoms with Gasteiger partial charge in [0, 0.05) is 24.3 Å². The zero-order valence-electron chi connectivity index (χ0n) is 15.1. The summed E-state index contributed by atoms with van der Waals surface area (Å²) in [5.74, 6) is -1.07. The van der Waals surface area contributed by atoms with Crippen LogP contribution in [0.15, 0.2) is 24.3 Å². The molecule has 26 heavy (non-hydrogen) atoms. The lowest BCUT2D eigenvalue weighted by molar-refractivity contribution is -0.139. The van der Waals surface area contributed by atoms with Crippen molar-refractivity contribution in [3.63, 3.8) is 0 Å². The zero-order valence-corrected chi connectivity index (χ0v) is 15.1. The van der Waals surface area contributed by atoms with E-state index < -0.39 is 11.5 Å². The van der Waals surface area contributed by atoms with E-state index in [1.807, 2.05) is 12.1 Å². The number of anilines is 1. The number of nitrogens with zero attached hydrogens (tertiary/aromatic N) is 1. The summed E-state index contributed by atoms with van der Waals surface area (Å²) in [5, 5.41) is 21.9. The van der Waals surface area contributed by atoms with Crippen molar-refractivity contribution in [1.29, 1.82) is 0 Å². The van der Waals surface area contributed by atoms with Crippen molar-refractivity contribution >= 4 is 17.6 Å². The average Bonchev–Trinajstić information content (AvgIpc) is 2.62. The molecule has 2 aliphatic rings. The first kappa shape index (κ1) is 18.7. The van der Waals surface area contributed by atoms with Crippen molar-refractivity contribution < 1.29 is 19.8 Å². The monoisotopic (exact) mass is 360 g/mol. The number of hydrogen-bond acceptors (Lipinski definition) is 4. The van der Waals surface area contributed by atoms with E-state index in [0.717, 1.165) is 63.7 Å². The molecule has 3 N–H and O–H groups in total. The molecule has 6 nitrogen and oxygen atoms in total. The molecule has 1 aromatic carbocycles. The molecule has 3 rings (SSSR count). The Kier molecular flexibility index (Phi) is 5.81. The summed E-state index contributed by atoms with van der Waals surface area (Å²) in [5.41, 5.74) is 0.982. The number of amides is 1. The Morgan fingerprint density at radius 3 is 2.27 bits per heavy atom. The maximum atomic E-state index is 12.7. The number of carboxylic acids is 1.